The molecular weight excluding hydrogens is 268 g/mol. The molecule has 111 valence electrons. The van der Waals surface area contributed by atoms with Crippen molar-refractivity contribution in [3.63, 3.8) is 0 Å². The van der Waals surface area contributed by atoms with E-state index in [9.17, 15) is 14.4 Å². The Bertz CT molecular complexity index is 546. The molecule has 1 aliphatic rings. The van der Waals surface area contributed by atoms with Crippen LogP contribution in [-0.2, 0) is 9.59 Å². The number of hydrogen-bond acceptors (Lipinski definition) is 3. The molecule has 0 bridgehead atoms. The molecular formula is C16H19N2O3. The Morgan fingerprint density at radius 1 is 1.10 bits per heavy atom. The molecule has 2 amide bonds. The maximum Gasteiger partial charge on any atom is 0.253 e. The van der Waals surface area contributed by atoms with Crippen molar-refractivity contribution in [2.45, 2.75) is 13.8 Å². The number of hydrogen-bond donors (Lipinski definition) is 0. The van der Waals surface area contributed by atoms with E-state index in [4.69, 9.17) is 0 Å². The van der Waals surface area contributed by atoms with Crippen LogP contribution in [0.25, 0.3) is 0 Å². The summed E-state index contributed by atoms with van der Waals surface area (Å²) in [4.78, 5) is 38.4. The number of carbonyl (C=O) groups is 2. The lowest BCUT2D eigenvalue weighted by Gasteiger charge is -2.35. The summed E-state index contributed by atoms with van der Waals surface area (Å²) in [6.45, 7) is 5.91. The van der Waals surface area contributed by atoms with Gasteiger partial charge in [-0.2, -0.15) is 0 Å². The van der Waals surface area contributed by atoms with Crippen molar-refractivity contribution < 1.29 is 14.4 Å². The lowest BCUT2D eigenvalue weighted by molar-refractivity contribution is -0.135. The van der Waals surface area contributed by atoms with Crippen molar-refractivity contribution >= 4 is 18.1 Å². The van der Waals surface area contributed by atoms with Crippen molar-refractivity contribution in [1.82, 2.24) is 9.80 Å². The van der Waals surface area contributed by atoms with E-state index < -0.39 is 0 Å². The molecule has 1 aliphatic heterocycles. The van der Waals surface area contributed by atoms with Gasteiger partial charge in [-0.3, -0.25) is 14.4 Å². The summed E-state index contributed by atoms with van der Waals surface area (Å²) < 4.78 is 0. The molecule has 1 aromatic rings. The molecule has 0 unspecified atom stereocenters. The average molecular weight is 287 g/mol. The van der Waals surface area contributed by atoms with Crippen LogP contribution in [0.4, 0.5) is 0 Å². The molecule has 0 atom stereocenters. The number of benzene rings is 1. The molecule has 5 nitrogen and oxygen atoms in total. The van der Waals surface area contributed by atoms with Crippen LogP contribution in [0.2, 0.25) is 0 Å². The van der Waals surface area contributed by atoms with Crippen LogP contribution in [0, 0.1) is 5.92 Å². The lowest BCUT2D eigenvalue weighted by Crippen LogP contribution is -2.51. The Kier molecular flexibility index (Phi) is 4.73. The molecule has 2 rings (SSSR count). The van der Waals surface area contributed by atoms with Crippen LogP contribution >= 0.6 is 0 Å². The Morgan fingerprint density at radius 3 is 2.29 bits per heavy atom. The Labute approximate surface area is 124 Å². The maximum atomic E-state index is 12.4. The second-order valence-electron chi connectivity index (χ2n) is 5.46. The van der Waals surface area contributed by atoms with Crippen molar-refractivity contribution in [3.8, 4) is 0 Å². The van der Waals surface area contributed by atoms with Crippen molar-refractivity contribution in [2.24, 2.45) is 5.92 Å². The summed E-state index contributed by atoms with van der Waals surface area (Å²) in [6, 6.07) is 6.52. The first-order valence-electron chi connectivity index (χ1n) is 7.09. The number of nitrogens with zero attached hydrogens (tertiary/aromatic N) is 2. The molecule has 21 heavy (non-hydrogen) atoms. The zero-order valence-electron chi connectivity index (χ0n) is 12.3. The normalized spacial score (nSPS) is 15.2. The summed E-state index contributed by atoms with van der Waals surface area (Å²) in [5.74, 6) is -0.00420. The number of piperazine rings is 1. The van der Waals surface area contributed by atoms with Crippen LogP contribution in [-0.4, -0.2) is 54.1 Å². The molecule has 5 heteroatoms. The molecule has 0 aliphatic carbocycles. The highest BCUT2D eigenvalue weighted by Gasteiger charge is 2.25. The number of amides is 2. The predicted molar refractivity (Wildman–Crippen MR) is 78.6 cm³/mol. The van der Waals surface area contributed by atoms with Gasteiger partial charge >= 0.3 is 0 Å². The highest BCUT2D eigenvalue weighted by Crippen LogP contribution is 2.12. The molecule has 1 radical (unpaired) electrons. The number of rotatable bonds is 3. The van der Waals surface area contributed by atoms with Gasteiger partial charge in [0.15, 0.2) is 0 Å². The minimum Gasteiger partial charge on any atom is -0.339 e. The molecule has 0 spiro atoms. The molecule has 0 saturated carbocycles. The van der Waals surface area contributed by atoms with E-state index in [2.05, 4.69) is 0 Å². The topological polar surface area (TPSA) is 57.7 Å². The summed E-state index contributed by atoms with van der Waals surface area (Å²) in [7, 11) is 0. The molecule has 1 saturated heterocycles. The summed E-state index contributed by atoms with van der Waals surface area (Å²) in [5.41, 5.74) is 0.856. The largest absolute Gasteiger partial charge is 0.339 e. The molecule has 1 heterocycles. The predicted octanol–water partition coefficient (Wildman–Crippen LogP) is 1.08. The zero-order valence-corrected chi connectivity index (χ0v) is 12.3. The van der Waals surface area contributed by atoms with Gasteiger partial charge in [0.2, 0.25) is 12.2 Å². The fraction of sp³-hybridized carbons (Fsp3) is 0.438. The minimum atomic E-state index is -0.108. The fourth-order valence-electron chi connectivity index (χ4n) is 2.39. The van der Waals surface area contributed by atoms with Crippen LogP contribution in [0.15, 0.2) is 24.3 Å². The van der Waals surface area contributed by atoms with Gasteiger partial charge < -0.3 is 9.80 Å². The van der Waals surface area contributed by atoms with Crippen LogP contribution < -0.4 is 0 Å². The SMILES string of the molecule is CC(C)C(=O)N1CCN(C(=O)c2cccc([C]=O)c2)CC1. The highest BCUT2D eigenvalue weighted by molar-refractivity contribution is 5.96. The van der Waals surface area contributed by atoms with Gasteiger partial charge in [0.1, 0.15) is 0 Å². The van der Waals surface area contributed by atoms with Crippen molar-refractivity contribution in [2.75, 3.05) is 26.2 Å². The van der Waals surface area contributed by atoms with Gasteiger partial charge in [0.05, 0.1) is 0 Å². The number of carbonyl (C=O) groups excluding carboxylic acids is 3. The first kappa shape index (κ1) is 15.2. The third-order valence-electron chi connectivity index (χ3n) is 3.60. The molecule has 1 fully saturated rings. The standard InChI is InChI=1S/C16H19N2O3/c1-12(2)15(20)17-6-8-18(9-7-17)16(21)14-5-3-4-13(10-14)11-19/h3-5,10,12H,6-9H2,1-2H3. The monoisotopic (exact) mass is 287 g/mol. The molecule has 0 aromatic heterocycles. The summed E-state index contributed by atoms with van der Waals surface area (Å²) in [5, 5.41) is 0. The Balaban J connectivity index is 2.00. The van der Waals surface area contributed by atoms with Gasteiger partial charge in [0, 0.05) is 43.2 Å². The van der Waals surface area contributed by atoms with Crippen LogP contribution in [0.1, 0.15) is 29.8 Å². The first-order valence-corrected chi connectivity index (χ1v) is 7.09. The molecule has 0 N–H and O–H groups in total. The van der Waals surface area contributed by atoms with E-state index in [1.807, 2.05) is 13.8 Å². The Hall–Kier alpha value is -2.17. The Morgan fingerprint density at radius 2 is 1.71 bits per heavy atom. The fourth-order valence-corrected chi connectivity index (χ4v) is 2.39. The average Bonchev–Trinajstić information content (AvgIpc) is 2.53. The quantitative estimate of drug-likeness (QED) is 0.836. The van der Waals surface area contributed by atoms with Gasteiger partial charge in [0.25, 0.3) is 5.91 Å². The second kappa shape index (κ2) is 6.52. The van der Waals surface area contributed by atoms with Crippen LogP contribution in [0.3, 0.4) is 0 Å². The van der Waals surface area contributed by atoms with Gasteiger partial charge in [-0.05, 0) is 12.1 Å². The van der Waals surface area contributed by atoms with E-state index >= 15 is 0 Å². The summed E-state index contributed by atoms with van der Waals surface area (Å²) >= 11 is 0. The molecule has 1 aromatic carbocycles. The van der Waals surface area contributed by atoms with E-state index in [-0.39, 0.29) is 17.7 Å². The van der Waals surface area contributed by atoms with Crippen molar-refractivity contribution in [3.05, 3.63) is 35.4 Å². The first-order chi connectivity index (χ1) is 10.0. The zero-order chi connectivity index (χ0) is 15.4. The minimum absolute atomic E-state index is 0.0212. The van der Waals surface area contributed by atoms with E-state index in [0.717, 1.165) is 0 Å². The third-order valence-corrected chi connectivity index (χ3v) is 3.60. The van der Waals surface area contributed by atoms with Gasteiger partial charge in [-0.15, -0.1) is 0 Å². The van der Waals surface area contributed by atoms with E-state index in [1.165, 1.54) is 0 Å². The van der Waals surface area contributed by atoms with E-state index in [1.54, 1.807) is 40.4 Å². The second-order valence-corrected chi connectivity index (χ2v) is 5.46. The van der Waals surface area contributed by atoms with E-state index in [0.29, 0.717) is 37.3 Å². The third kappa shape index (κ3) is 3.48. The summed E-state index contributed by atoms with van der Waals surface area (Å²) in [6.07, 6.45) is 1.79. The van der Waals surface area contributed by atoms with Gasteiger partial charge in [-0.1, -0.05) is 26.0 Å². The highest BCUT2D eigenvalue weighted by atomic mass is 16.2. The maximum absolute atomic E-state index is 12.4. The lowest BCUT2D eigenvalue weighted by atomic mass is 10.1. The smallest absolute Gasteiger partial charge is 0.253 e. The van der Waals surface area contributed by atoms with Crippen molar-refractivity contribution in [1.29, 1.82) is 0 Å². The van der Waals surface area contributed by atoms with Gasteiger partial charge in [-0.25, -0.2) is 0 Å². The van der Waals surface area contributed by atoms with Crippen LogP contribution in [0.5, 0.6) is 0 Å².